The summed E-state index contributed by atoms with van der Waals surface area (Å²) >= 11 is 0. The molecule has 0 radical (unpaired) electrons. The number of esters is 1. The molecule has 168 valence electrons. The number of benzene rings is 1. The Hall–Kier alpha value is -3.03. The summed E-state index contributed by atoms with van der Waals surface area (Å²) in [6, 6.07) is 5.72. The number of aromatic hydroxyl groups is 1. The van der Waals surface area contributed by atoms with Crippen molar-refractivity contribution >= 4 is 11.8 Å². The summed E-state index contributed by atoms with van der Waals surface area (Å²) in [6.45, 7) is 6.97. The number of nitrogens with zero attached hydrogens (tertiary/aromatic N) is 1. The topological polar surface area (TPSA) is 85.7 Å². The van der Waals surface area contributed by atoms with E-state index in [0.717, 1.165) is 18.2 Å². The third-order valence-electron chi connectivity index (χ3n) is 4.65. The van der Waals surface area contributed by atoms with Gasteiger partial charge in [-0.2, -0.15) is 0 Å². The second kappa shape index (κ2) is 10.8. The lowest BCUT2D eigenvalue weighted by Crippen LogP contribution is -2.36. The number of carbonyl (C=O) groups is 2. The van der Waals surface area contributed by atoms with Crippen LogP contribution in [0.3, 0.4) is 0 Å². The smallest absolute Gasteiger partial charge is 0.309 e. The number of ether oxygens (including phenoxy) is 2. The number of hydrogen-bond donors (Lipinski definition) is 1. The molecule has 0 spiro atoms. The van der Waals surface area contributed by atoms with E-state index in [1.807, 2.05) is 13.8 Å². The minimum absolute atomic E-state index is 0.113. The van der Waals surface area contributed by atoms with Crippen molar-refractivity contribution in [3.63, 3.8) is 0 Å². The Bertz CT molecular complexity index is 919. The highest BCUT2D eigenvalue weighted by atomic mass is 19.1. The first-order chi connectivity index (χ1) is 14.6. The average Bonchev–Trinajstić information content (AvgIpc) is 2.69. The molecule has 0 amide bonds. The van der Waals surface area contributed by atoms with E-state index >= 15 is 0 Å². The molecular formula is C23H27F2NO5. The Morgan fingerprint density at radius 3 is 2.48 bits per heavy atom. The molecule has 6 nitrogen and oxygen atoms in total. The summed E-state index contributed by atoms with van der Waals surface area (Å²) in [5, 5.41) is 9.74. The summed E-state index contributed by atoms with van der Waals surface area (Å²) in [5.74, 6) is -3.69. The second-order valence-corrected chi connectivity index (χ2v) is 7.90. The van der Waals surface area contributed by atoms with Crippen LogP contribution in [0.5, 0.6) is 11.5 Å². The zero-order valence-electron chi connectivity index (χ0n) is 18.0. The van der Waals surface area contributed by atoms with Crippen LogP contribution in [0.4, 0.5) is 8.78 Å². The first kappa shape index (κ1) is 24.2. The van der Waals surface area contributed by atoms with E-state index in [9.17, 15) is 23.5 Å². The van der Waals surface area contributed by atoms with Crippen LogP contribution in [0.25, 0.3) is 0 Å². The minimum atomic E-state index is -0.804. The Morgan fingerprint density at radius 2 is 1.84 bits per heavy atom. The monoisotopic (exact) mass is 435 g/mol. The van der Waals surface area contributed by atoms with E-state index in [-0.39, 0.29) is 29.5 Å². The third-order valence-corrected chi connectivity index (χ3v) is 4.65. The van der Waals surface area contributed by atoms with Crippen molar-refractivity contribution in [1.29, 1.82) is 0 Å². The standard InChI is InChI=1S/C23H27F2NO5/c1-13(2)10-20(31-21-12-16(24)7-8-17(21)25)15(4)30-23(29)14(3)11-19(28)22-18(27)6-5-9-26-22/h5-9,12-15,20,27H,10-11H2,1-4H3/t14-,15+,20-/m1/s1. The van der Waals surface area contributed by atoms with Crippen LogP contribution in [-0.2, 0) is 9.53 Å². The molecule has 2 aromatic rings. The van der Waals surface area contributed by atoms with E-state index in [1.54, 1.807) is 6.92 Å². The Morgan fingerprint density at radius 1 is 1.13 bits per heavy atom. The van der Waals surface area contributed by atoms with Gasteiger partial charge in [0, 0.05) is 18.7 Å². The van der Waals surface area contributed by atoms with Crippen molar-refractivity contribution in [2.24, 2.45) is 11.8 Å². The predicted molar refractivity (Wildman–Crippen MR) is 110 cm³/mol. The van der Waals surface area contributed by atoms with Crippen LogP contribution < -0.4 is 4.74 Å². The van der Waals surface area contributed by atoms with Crippen LogP contribution in [-0.4, -0.2) is 34.1 Å². The lowest BCUT2D eigenvalue weighted by atomic mass is 10.0. The first-order valence-electron chi connectivity index (χ1n) is 10.1. The third kappa shape index (κ3) is 7.01. The van der Waals surface area contributed by atoms with Gasteiger partial charge in [0.15, 0.2) is 17.3 Å². The molecule has 8 heteroatoms. The number of hydrogen-bond acceptors (Lipinski definition) is 6. The molecule has 3 atom stereocenters. The van der Waals surface area contributed by atoms with E-state index in [1.165, 1.54) is 25.3 Å². The van der Waals surface area contributed by atoms with Gasteiger partial charge in [0.2, 0.25) is 0 Å². The zero-order chi connectivity index (χ0) is 23.1. The maximum atomic E-state index is 14.0. The number of pyridine rings is 1. The van der Waals surface area contributed by atoms with Crippen LogP contribution in [0.15, 0.2) is 36.5 Å². The lowest BCUT2D eigenvalue weighted by Gasteiger charge is -2.27. The maximum Gasteiger partial charge on any atom is 0.309 e. The largest absolute Gasteiger partial charge is 0.506 e. The van der Waals surface area contributed by atoms with Crippen molar-refractivity contribution < 1.29 is 33.0 Å². The SMILES string of the molecule is CC(C)C[C@@H](Oc1cc(F)ccc1F)[C@H](C)OC(=O)[C@H](C)CC(=O)c1ncccc1O. The van der Waals surface area contributed by atoms with Crippen molar-refractivity contribution in [2.75, 3.05) is 0 Å². The summed E-state index contributed by atoms with van der Waals surface area (Å²) < 4.78 is 38.6. The molecule has 2 rings (SSSR count). The lowest BCUT2D eigenvalue weighted by molar-refractivity contribution is -0.157. The Kier molecular flexibility index (Phi) is 8.47. The van der Waals surface area contributed by atoms with Gasteiger partial charge in [0.05, 0.1) is 5.92 Å². The van der Waals surface area contributed by atoms with Gasteiger partial charge in [0.25, 0.3) is 0 Å². The van der Waals surface area contributed by atoms with Gasteiger partial charge in [-0.3, -0.25) is 9.59 Å². The highest BCUT2D eigenvalue weighted by Crippen LogP contribution is 2.25. The average molecular weight is 435 g/mol. The van der Waals surface area contributed by atoms with Gasteiger partial charge in [-0.15, -0.1) is 0 Å². The number of aromatic nitrogens is 1. The molecule has 1 aromatic heterocycles. The van der Waals surface area contributed by atoms with Crippen molar-refractivity contribution in [3.05, 3.63) is 53.9 Å². The van der Waals surface area contributed by atoms with Gasteiger partial charge in [-0.05, 0) is 43.5 Å². The van der Waals surface area contributed by atoms with Crippen molar-refractivity contribution in [2.45, 2.75) is 52.7 Å². The normalized spacial score (nSPS) is 14.0. The number of carbonyl (C=O) groups excluding carboxylic acids is 2. The summed E-state index contributed by atoms with van der Waals surface area (Å²) in [7, 11) is 0. The molecule has 31 heavy (non-hydrogen) atoms. The van der Waals surface area contributed by atoms with Gasteiger partial charge in [-0.1, -0.05) is 20.8 Å². The van der Waals surface area contributed by atoms with Gasteiger partial charge in [0.1, 0.15) is 29.5 Å². The Labute approximate surface area is 180 Å². The second-order valence-electron chi connectivity index (χ2n) is 7.90. The van der Waals surface area contributed by atoms with Gasteiger partial charge >= 0.3 is 5.97 Å². The highest BCUT2D eigenvalue weighted by Gasteiger charge is 2.28. The molecule has 0 saturated carbocycles. The molecule has 0 fully saturated rings. The highest BCUT2D eigenvalue weighted by molar-refractivity contribution is 5.98. The summed E-state index contributed by atoms with van der Waals surface area (Å²) in [6.07, 6.45) is 0.0998. The fourth-order valence-corrected chi connectivity index (χ4v) is 2.98. The van der Waals surface area contributed by atoms with Crippen LogP contribution in [0.1, 0.15) is 51.0 Å². The van der Waals surface area contributed by atoms with E-state index < -0.39 is 41.5 Å². The molecule has 1 N–H and O–H groups in total. The Balaban J connectivity index is 2.05. The molecule has 1 heterocycles. The number of Topliss-reactive ketones (excluding diaryl/α,β-unsaturated/α-hetero) is 1. The summed E-state index contributed by atoms with van der Waals surface area (Å²) in [5.41, 5.74) is -0.113. The number of rotatable bonds is 10. The van der Waals surface area contributed by atoms with E-state index in [0.29, 0.717) is 6.42 Å². The van der Waals surface area contributed by atoms with E-state index in [4.69, 9.17) is 9.47 Å². The first-order valence-corrected chi connectivity index (χ1v) is 10.1. The molecule has 0 saturated heterocycles. The zero-order valence-corrected chi connectivity index (χ0v) is 18.0. The molecular weight excluding hydrogens is 408 g/mol. The van der Waals surface area contributed by atoms with Crippen LogP contribution in [0, 0.1) is 23.5 Å². The fraction of sp³-hybridized carbons (Fsp3) is 0.435. The van der Waals surface area contributed by atoms with Crippen LogP contribution in [0.2, 0.25) is 0 Å². The molecule has 1 aromatic carbocycles. The fourth-order valence-electron chi connectivity index (χ4n) is 2.98. The van der Waals surface area contributed by atoms with Crippen molar-refractivity contribution in [3.8, 4) is 11.5 Å². The maximum absolute atomic E-state index is 14.0. The quantitative estimate of drug-likeness (QED) is 0.430. The number of halogens is 2. The van der Waals surface area contributed by atoms with Gasteiger partial charge in [-0.25, -0.2) is 13.8 Å². The molecule has 0 unspecified atom stereocenters. The molecule has 0 aliphatic rings. The number of ketones is 1. The molecule has 0 aliphatic heterocycles. The van der Waals surface area contributed by atoms with E-state index in [2.05, 4.69) is 4.98 Å². The molecule has 0 aliphatic carbocycles. The van der Waals surface area contributed by atoms with Crippen molar-refractivity contribution in [1.82, 2.24) is 4.98 Å². The molecule has 0 bridgehead atoms. The summed E-state index contributed by atoms with van der Waals surface area (Å²) in [4.78, 5) is 28.7. The minimum Gasteiger partial charge on any atom is -0.506 e. The van der Waals surface area contributed by atoms with Gasteiger partial charge < -0.3 is 14.6 Å². The predicted octanol–water partition coefficient (Wildman–Crippen LogP) is 4.70. The van der Waals surface area contributed by atoms with Crippen LogP contribution >= 0.6 is 0 Å².